The van der Waals surface area contributed by atoms with E-state index >= 15 is 4.39 Å². The summed E-state index contributed by atoms with van der Waals surface area (Å²) >= 11 is 1.24. The smallest absolute Gasteiger partial charge is 0.217 e. The van der Waals surface area contributed by atoms with E-state index in [0.29, 0.717) is 34.7 Å². The van der Waals surface area contributed by atoms with Gasteiger partial charge in [-0.15, -0.1) is 11.3 Å². The first-order valence-corrected chi connectivity index (χ1v) is 12.0. The summed E-state index contributed by atoms with van der Waals surface area (Å²) in [6.45, 7) is 3.91. The van der Waals surface area contributed by atoms with Gasteiger partial charge < -0.3 is 19.9 Å². The van der Waals surface area contributed by atoms with E-state index < -0.39 is 5.60 Å². The lowest BCUT2D eigenvalue weighted by Gasteiger charge is -2.30. The normalized spacial score (nSPS) is 24.3. The van der Waals surface area contributed by atoms with Crippen molar-refractivity contribution in [1.29, 1.82) is 0 Å². The van der Waals surface area contributed by atoms with Crippen molar-refractivity contribution < 1.29 is 23.8 Å². The second-order valence-corrected chi connectivity index (χ2v) is 9.93. The van der Waals surface area contributed by atoms with Crippen LogP contribution in [0.3, 0.4) is 0 Å². The van der Waals surface area contributed by atoms with Crippen LogP contribution in [0, 0.1) is 5.82 Å². The maximum atomic E-state index is 15.1. The van der Waals surface area contributed by atoms with Crippen LogP contribution in [0.4, 0.5) is 4.39 Å². The minimum absolute atomic E-state index is 0.0149. The fraction of sp³-hybridized carbons (Fsp3) is 0.652. The monoisotopic (exact) mass is 450 g/mol. The largest absolute Gasteiger partial charge is 0.487 e. The lowest BCUT2D eigenvalue weighted by Crippen LogP contribution is -2.36. The molecular weight excluding hydrogens is 419 g/mol. The number of halogens is 1. The van der Waals surface area contributed by atoms with Gasteiger partial charge in [0.15, 0.2) is 11.6 Å². The summed E-state index contributed by atoms with van der Waals surface area (Å²) in [6, 6.07) is 3.42. The lowest BCUT2D eigenvalue weighted by atomic mass is 9.95. The molecule has 0 saturated heterocycles. The number of nitrogens with one attached hydrogen (secondary N) is 1. The van der Waals surface area contributed by atoms with Crippen molar-refractivity contribution in [3.63, 3.8) is 0 Å². The Morgan fingerprint density at radius 3 is 2.65 bits per heavy atom. The Balaban J connectivity index is 1.34. The summed E-state index contributed by atoms with van der Waals surface area (Å²) < 4.78 is 27.5. The van der Waals surface area contributed by atoms with E-state index in [2.05, 4.69) is 10.3 Å². The molecule has 1 aromatic heterocycles. The van der Waals surface area contributed by atoms with Crippen LogP contribution in [-0.2, 0) is 15.1 Å². The molecule has 2 aliphatic rings. The molecule has 2 fully saturated rings. The average Bonchev–Trinajstić information content (AvgIpc) is 3.37. The van der Waals surface area contributed by atoms with E-state index in [1.54, 1.807) is 12.1 Å². The first kappa shape index (κ1) is 22.4. The SMILES string of the molecule is CC(=O)N[C@@H](C)COC1CCC(Oc2ccc3nc(C4(O)CCCC4)sc3c2F)CC1. The topological polar surface area (TPSA) is 80.7 Å². The van der Waals surface area contributed by atoms with E-state index in [1.807, 2.05) is 6.92 Å². The molecular formula is C23H31FN2O4S. The molecule has 2 aliphatic carbocycles. The third-order valence-electron chi connectivity index (χ3n) is 6.24. The van der Waals surface area contributed by atoms with E-state index in [9.17, 15) is 9.90 Å². The van der Waals surface area contributed by atoms with Gasteiger partial charge in [0.05, 0.1) is 29.0 Å². The van der Waals surface area contributed by atoms with Crippen molar-refractivity contribution >= 4 is 27.5 Å². The number of hydrogen-bond acceptors (Lipinski definition) is 6. The van der Waals surface area contributed by atoms with Crippen LogP contribution in [0.15, 0.2) is 12.1 Å². The predicted molar refractivity (Wildman–Crippen MR) is 118 cm³/mol. The van der Waals surface area contributed by atoms with Gasteiger partial charge in [-0.2, -0.15) is 0 Å². The molecule has 0 radical (unpaired) electrons. The van der Waals surface area contributed by atoms with E-state index in [1.165, 1.54) is 18.3 Å². The zero-order chi connectivity index (χ0) is 22.0. The standard InChI is InChI=1S/C23H31FN2O4S/c1-14(25-15(2)27)13-29-16-5-7-17(8-6-16)30-19-10-9-18-21(20(19)24)31-22(26-18)23(28)11-3-4-12-23/h9-10,14,16-17,28H,3-8,11-13H2,1-2H3,(H,25,27)/t14-,16?,17?/m0/s1. The van der Waals surface area contributed by atoms with Crippen LogP contribution >= 0.6 is 11.3 Å². The second-order valence-electron chi connectivity index (χ2n) is 8.94. The number of benzene rings is 1. The number of fused-ring (bicyclic) bond motifs is 1. The fourth-order valence-electron chi connectivity index (χ4n) is 4.57. The minimum Gasteiger partial charge on any atom is -0.487 e. The van der Waals surface area contributed by atoms with Crippen LogP contribution in [0.2, 0.25) is 0 Å². The van der Waals surface area contributed by atoms with Crippen molar-refractivity contribution in [3.8, 4) is 5.75 Å². The number of nitrogens with zero attached hydrogens (tertiary/aromatic N) is 1. The Labute approximate surface area is 186 Å². The second kappa shape index (κ2) is 9.38. The van der Waals surface area contributed by atoms with Gasteiger partial charge in [-0.1, -0.05) is 12.8 Å². The van der Waals surface area contributed by atoms with Crippen molar-refractivity contribution in [2.75, 3.05) is 6.61 Å². The van der Waals surface area contributed by atoms with Gasteiger partial charge in [-0.25, -0.2) is 9.37 Å². The highest BCUT2D eigenvalue weighted by Gasteiger charge is 2.36. The van der Waals surface area contributed by atoms with Gasteiger partial charge in [-0.3, -0.25) is 4.79 Å². The van der Waals surface area contributed by atoms with Gasteiger partial charge >= 0.3 is 0 Å². The van der Waals surface area contributed by atoms with E-state index in [4.69, 9.17) is 9.47 Å². The Morgan fingerprint density at radius 1 is 1.29 bits per heavy atom. The van der Waals surface area contributed by atoms with Gasteiger partial charge in [-0.05, 0) is 57.6 Å². The Kier molecular flexibility index (Phi) is 6.79. The van der Waals surface area contributed by atoms with Crippen LogP contribution in [0.5, 0.6) is 5.75 Å². The summed E-state index contributed by atoms with van der Waals surface area (Å²) in [5.74, 6) is -0.187. The molecule has 0 unspecified atom stereocenters. The number of rotatable bonds is 7. The first-order valence-electron chi connectivity index (χ1n) is 11.2. The third kappa shape index (κ3) is 5.18. The highest BCUT2D eigenvalue weighted by molar-refractivity contribution is 7.18. The van der Waals surface area contributed by atoms with Gasteiger partial charge in [0.2, 0.25) is 5.91 Å². The van der Waals surface area contributed by atoms with Crippen LogP contribution in [0.25, 0.3) is 10.2 Å². The summed E-state index contributed by atoms with van der Waals surface area (Å²) in [5.41, 5.74) is -0.331. The van der Waals surface area contributed by atoms with Crippen molar-refractivity contribution in [3.05, 3.63) is 23.0 Å². The highest BCUT2D eigenvalue weighted by Crippen LogP contribution is 2.43. The molecule has 0 spiro atoms. The molecule has 1 aromatic carbocycles. The van der Waals surface area contributed by atoms with Crippen LogP contribution in [0.1, 0.15) is 70.2 Å². The molecule has 6 nitrogen and oxygen atoms in total. The predicted octanol–water partition coefficient (Wildman–Crippen LogP) is 4.43. The first-order chi connectivity index (χ1) is 14.8. The highest BCUT2D eigenvalue weighted by atomic mass is 32.1. The molecule has 2 saturated carbocycles. The number of thiazole rings is 1. The molecule has 8 heteroatoms. The molecule has 170 valence electrons. The minimum atomic E-state index is -0.910. The van der Waals surface area contributed by atoms with Crippen molar-refractivity contribution in [1.82, 2.24) is 10.3 Å². The maximum Gasteiger partial charge on any atom is 0.217 e. The molecule has 2 N–H and O–H groups in total. The van der Waals surface area contributed by atoms with Gasteiger partial charge in [0.25, 0.3) is 0 Å². The number of ether oxygens (including phenoxy) is 2. The maximum absolute atomic E-state index is 15.1. The van der Waals surface area contributed by atoms with E-state index in [-0.39, 0.29) is 35.7 Å². The molecule has 1 heterocycles. The summed E-state index contributed by atoms with van der Waals surface area (Å²) in [6.07, 6.45) is 6.70. The Bertz CT molecular complexity index is 920. The van der Waals surface area contributed by atoms with Gasteiger partial charge in [0.1, 0.15) is 10.6 Å². The molecule has 2 aromatic rings. The molecule has 0 aliphatic heterocycles. The Morgan fingerprint density at radius 2 is 1.97 bits per heavy atom. The molecule has 1 amide bonds. The number of amides is 1. The van der Waals surface area contributed by atoms with Crippen molar-refractivity contribution in [2.45, 2.75) is 89.1 Å². The zero-order valence-corrected chi connectivity index (χ0v) is 19.0. The lowest BCUT2D eigenvalue weighted by molar-refractivity contribution is -0.120. The summed E-state index contributed by atoms with van der Waals surface area (Å²) in [7, 11) is 0. The average molecular weight is 451 g/mol. The summed E-state index contributed by atoms with van der Waals surface area (Å²) in [4.78, 5) is 15.6. The number of carbonyl (C=O) groups is 1. The van der Waals surface area contributed by atoms with Crippen LogP contribution < -0.4 is 10.1 Å². The quantitative estimate of drug-likeness (QED) is 0.652. The molecule has 1 atom stereocenters. The number of aromatic nitrogens is 1. The zero-order valence-electron chi connectivity index (χ0n) is 18.2. The fourth-order valence-corrected chi connectivity index (χ4v) is 5.71. The number of carbonyl (C=O) groups excluding carboxylic acids is 1. The number of hydrogen-bond donors (Lipinski definition) is 2. The van der Waals surface area contributed by atoms with Crippen molar-refractivity contribution in [2.24, 2.45) is 0 Å². The molecule has 4 rings (SSSR count). The van der Waals surface area contributed by atoms with Gasteiger partial charge in [0, 0.05) is 13.0 Å². The number of aliphatic hydroxyl groups is 1. The van der Waals surface area contributed by atoms with Crippen LogP contribution in [-0.4, -0.2) is 40.9 Å². The molecule has 0 bridgehead atoms. The van der Waals surface area contributed by atoms with E-state index in [0.717, 1.165) is 38.5 Å². The molecule has 31 heavy (non-hydrogen) atoms. The Hall–Kier alpha value is -1.77. The summed E-state index contributed by atoms with van der Waals surface area (Å²) in [5, 5.41) is 14.2. The third-order valence-corrected chi connectivity index (χ3v) is 7.49.